The molecule has 0 saturated carbocycles. The molecule has 1 saturated heterocycles. The predicted molar refractivity (Wildman–Crippen MR) is 64.8 cm³/mol. The Labute approximate surface area is 101 Å². The second-order valence-electron chi connectivity index (χ2n) is 4.76. The van der Waals surface area contributed by atoms with Crippen molar-refractivity contribution in [2.45, 2.75) is 19.0 Å². The van der Waals surface area contributed by atoms with Gasteiger partial charge in [-0.3, -0.25) is 4.90 Å². The fraction of sp³-hybridized carbons (Fsp3) is 0.538. The lowest BCUT2D eigenvalue weighted by Crippen LogP contribution is -2.35. The highest BCUT2D eigenvalue weighted by molar-refractivity contribution is 5.16. The molecule has 4 heteroatoms. The van der Waals surface area contributed by atoms with Crippen molar-refractivity contribution in [1.82, 2.24) is 4.90 Å². The smallest absolute Gasteiger partial charge is 0.123 e. The molecule has 17 heavy (non-hydrogen) atoms. The molecule has 0 spiro atoms. The third-order valence-corrected chi connectivity index (χ3v) is 3.44. The number of benzene rings is 1. The first-order valence-corrected chi connectivity index (χ1v) is 6.02. The first-order valence-electron chi connectivity index (χ1n) is 6.02. The summed E-state index contributed by atoms with van der Waals surface area (Å²) in [5.41, 5.74) is 6.94. The van der Waals surface area contributed by atoms with Crippen LogP contribution in [0.1, 0.15) is 12.0 Å². The van der Waals surface area contributed by atoms with Crippen LogP contribution in [0.25, 0.3) is 0 Å². The maximum Gasteiger partial charge on any atom is 0.123 e. The molecule has 1 fully saturated rings. The van der Waals surface area contributed by atoms with Crippen molar-refractivity contribution in [3.05, 3.63) is 35.6 Å². The van der Waals surface area contributed by atoms with Gasteiger partial charge in [0.25, 0.3) is 0 Å². The minimum atomic E-state index is -0.199. The maximum absolute atomic E-state index is 12.8. The number of nitrogens with two attached hydrogens (primary N) is 1. The molecular weight excluding hydrogens is 219 g/mol. The SMILES string of the molecule is NC(CO)C1CCN(Cc2ccc(F)cc2)C1. The van der Waals surface area contributed by atoms with Gasteiger partial charge in [-0.2, -0.15) is 0 Å². The van der Waals surface area contributed by atoms with Gasteiger partial charge in [-0.15, -0.1) is 0 Å². The molecule has 2 rings (SSSR count). The van der Waals surface area contributed by atoms with Crippen molar-refractivity contribution in [3.63, 3.8) is 0 Å². The van der Waals surface area contributed by atoms with E-state index in [0.29, 0.717) is 5.92 Å². The summed E-state index contributed by atoms with van der Waals surface area (Å²) in [5.74, 6) is 0.177. The topological polar surface area (TPSA) is 49.5 Å². The van der Waals surface area contributed by atoms with E-state index in [0.717, 1.165) is 31.6 Å². The third-order valence-electron chi connectivity index (χ3n) is 3.44. The summed E-state index contributed by atoms with van der Waals surface area (Å²) < 4.78 is 12.8. The molecule has 3 nitrogen and oxygen atoms in total. The molecule has 0 aliphatic carbocycles. The molecule has 2 unspecified atom stereocenters. The van der Waals surface area contributed by atoms with Gasteiger partial charge in [0.2, 0.25) is 0 Å². The molecule has 1 aliphatic heterocycles. The Bertz CT molecular complexity index is 355. The summed E-state index contributed by atoms with van der Waals surface area (Å²) in [6, 6.07) is 6.49. The van der Waals surface area contributed by atoms with E-state index in [-0.39, 0.29) is 18.5 Å². The van der Waals surface area contributed by atoms with Crippen molar-refractivity contribution in [3.8, 4) is 0 Å². The largest absolute Gasteiger partial charge is 0.395 e. The van der Waals surface area contributed by atoms with Gasteiger partial charge < -0.3 is 10.8 Å². The molecule has 3 N–H and O–H groups in total. The maximum atomic E-state index is 12.8. The van der Waals surface area contributed by atoms with E-state index in [4.69, 9.17) is 10.8 Å². The molecule has 0 amide bonds. The highest BCUT2D eigenvalue weighted by atomic mass is 19.1. The number of likely N-dealkylation sites (tertiary alicyclic amines) is 1. The van der Waals surface area contributed by atoms with E-state index in [1.807, 2.05) is 12.1 Å². The summed E-state index contributed by atoms with van der Waals surface area (Å²) in [6.07, 6.45) is 1.03. The lowest BCUT2D eigenvalue weighted by Gasteiger charge is -2.18. The minimum Gasteiger partial charge on any atom is -0.395 e. The Balaban J connectivity index is 1.87. The standard InChI is InChI=1S/C13H19FN2O/c14-12-3-1-10(2-4-12)7-16-6-5-11(8-16)13(15)9-17/h1-4,11,13,17H,5-9,15H2. The van der Waals surface area contributed by atoms with E-state index in [1.54, 1.807) is 0 Å². The third kappa shape index (κ3) is 3.25. The van der Waals surface area contributed by atoms with Gasteiger partial charge >= 0.3 is 0 Å². The first kappa shape index (κ1) is 12.5. The van der Waals surface area contributed by atoms with E-state index in [2.05, 4.69) is 4.90 Å². The van der Waals surface area contributed by atoms with Crippen molar-refractivity contribution in [2.75, 3.05) is 19.7 Å². The summed E-state index contributed by atoms with van der Waals surface area (Å²) in [4.78, 5) is 2.30. The molecular formula is C13H19FN2O. The molecule has 1 heterocycles. The molecule has 0 bridgehead atoms. The Hall–Kier alpha value is -0.970. The summed E-state index contributed by atoms with van der Waals surface area (Å²) in [6.45, 7) is 2.79. The predicted octanol–water partition coefficient (Wildman–Crippen LogP) is 0.967. The second-order valence-corrected chi connectivity index (χ2v) is 4.76. The van der Waals surface area contributed by atoms with Crippen LogP contribution in [0.3, 0.4) is 0 Å². The van der Waals surface area contributed by atoms with Crippen LogP contribution in [0.2, 0.25) is 0 Å². The average molecular weight is 238 g/mol. The Kier molecular flexibility index (Phi) is 4.10. The van der Waals surface area contributed by atoms with E-state index >= 15 is 0 Å². The molecule has 1 aromatic carbocycles. The van der Waals surface area contributed by atoms with Crippen LogP contribution in [0.4, 0.5) is 4.39 Å². The summed E-state index contributed by atoms with van der Waals surface area (Å²) in [5, 5.41) is 9.02. The number of halogens is 1. The molecule has 0 aromatic heterocycles. The van der Waals surface area contributed by atoms with E-state index in [1.165, 1.54) is 12.1 Å². The van der Waals surface area contributed by atoms with Crippen LogP contribution in [-0.2, 0) is 6.54 Å². The molecule has 1 aliphatic rings. The fourth-order valence-corrected chi connectivity index (χ4v) is 2.35. The summed E-state index contributed by atoms with van der Waals surface area (Å²) >= 11 is 0. The van der Waals surface area contributed by atoms with Gasteiger partial charge in [0.15, 0.2) is 0 Å². The van der Waals surface area contributed by atoms with Gasteiger partial charge in [-0.05, 0) is 36.6 Å². The number of rotatable bonds is 4. The normalized spacial score (nSPS) is 22.9. The number of aliphatic hydroxyl groups is 1. The minimum absolute atomic E-state index is 0.0506. The zero-order valence-electron chi connectivity index (χ0n) is 9.85. The fourth-order valence-electron chi connectivity index (χ4n) is 2.35. The van der Waals surface area contributed by atoms with Crippen LogP contribution in [0.5, 0.6) is 0 Å². The Morgan fingerprint density at radius 3 is 2.76 bits per heavy atom. The number of aliphatic hydroxyl groups excluding tert-OH is 1. The van der Waals surface area contributed by atoms with E-state index < -0.39 is 0 Å². The quantitative estimate of drug-likeness (QED) is 0.821. The Morgan fingerprint density at radius 1 is 1.41 bits per heavy atom. The van der Waals surface area contributed by atoms with Crippen LogP contribution in [-0.4, -0.2) is 35.7 Å². The second kappa shape index (κ2) is 5.58. The zero-order valence-corrected chi connectivity index (χ0v) is 9.85. The van der Waals surface area contributed by atoms with E-state index in [9.17, 15) is 4.39 Å². The van der Waals surface area contributed by atoms with Crippen LogP contribution in [0.15, 0.2) is 24.3 Å². The highest BCUT2D eigenvalue weighted by Crippen LogP contribution is 2.20. The highest BCUT2D eigenvalue weighted by Gasteiger charge is 2.26. The van der Waals surface area contributed by atoms with Gasteiger partial charge in [-0.1, -0.05) is 12.1 Å². The molecule has 0 radical (unpaired) electrons. The Morgan fingerprint density at radius 2 is 2.12 bits per heavy atom. The monoisotopic (exact) mass is 238 g/mol. The molecule has 1 aromatic rings. The number of nitrogens with zero attached hydrogens (tertiary/aromatic N) is 1. The lowest BCUT2D eigenvalue weighted by atomic mass is 10.0. The van der Waals surface area contributed by atoms with Crippen molar-refractivity contribution < 1.29 is 9.50 Å². The van der Waals surface area contributed by atoms with Crippen molar-refractivity contribution in [1.29, 1.82) is 0 Å². The lowest BCUT2D eigenvalue weighted by molar-refractivity contribution is 0.221. The molecule has 94 valence electrons. The van der Waals surface area contributed by atoms with Gasteiger partial charge in [0.05, 0.1) is 6.61 Å². The molecule has 2 atom stereocenters. The first-order chi connectivity index (χ1) is 8.19. The van der Waals surface area contributed by atoms with Gasteiger partial charge in [-0.25, -0.2) is 4.39 Å². The van der Waals surface area contributed by atoms with Crippen LogP contribution >= 0.6 is 0 Å². The van der Waals surface area contributed by atoms with Gasteiger partial charge in [0.1, 0.15) is 5.82 Å². The van der Waals surface area contributed by atoms with Gasteiger partial charge in [0, 0.05) is 19.1 Å². The number of hydrogen-bond donors (Lipinski definition) is 2. The zero-order chi connectivity index (χ0) is 12.3. The van der Waals surface area contributed by atoms with Crippen LogP contribution in [0, 0.1) is 11.7 Å². The van der Waals surface area contributed by atoms with Crippen molar-refractivity contribution in [2.24, 2.45) is 11.7 Å². The summed E-state index contributed by atoms with van der Waals surface area (Å²) in [7, 11) is 0. The average Bonchev–Trinajstić information content (AvgIpc) is 2.80. The number of hydrogen-bond acceptors (Lipinski definition) is 3. The van der Waals surface area contributed by atoms with Crippen molar-refractivity contribution >= 4 is 0 Å². The van der Waals surface area contributed by atoms with Crippen LogP contribution < -0.4 is 5.73 Å².